The highest BCUT2D eigenvalue weighted by Crippen LogP contribution is 2.21. The molecule has 0 aromatic rings. The van der Waals surface area contributed by atoms with Crippen LogP contribution < -0.4 is 5.32 Å². The summed E-state index contributed by atoms with van der Waals surface area (Å²) < 4.78 is 0. The Labute approximate surface area is 105 Å². The second-order valence-electron chi connectivity index (χ2n) is 5.05. The lowest BCUT2D eigenvalue weighted by Crippen LogP contribution is -2.51. The van der Waals surface area contributed by atoms with Crippen molar-refractivity contribution in [2.75, 3.05) is 32.8 Å². The van der Waals surface area contributed by atoms with Crippen molar-refractivity contribution in [2.24, 2.45) is 5.92 Å². The van der Waals surface area contributed by atoms with Gasteiger partial charge in [0.25, 0.3) is 0 Å². The summed E-state index contributed by atoms with van der Waals surface area (Å²) in [5.74, 6) is 0.389. The molecule has 1 aliphatic rings. The van der Waals surface area contributed by atoms with E-state index in [1.807, 2.05) is 6.92 Å². The molecule has 0 radical (unpaired) electrons. The van der Waals surface area contributed by atoms with Crippen LogP contribution in [0.4, 0.5) is 0 Å². The molecule has 4 heteroatoms. The Balaban J connectivity index is 2.42. The summed E-state index contributed by atoms with van der Waals surface area (Å²) in [6, 6.07) is 0.460. The summed E-state index contributed by atoms with van der Waals surface area (Å²) >= 11 is 0. The smallest absolute Gasteiger partial charge is 0.0578 e. The van der Waals surface area contributed by atoms with Gasteiger partial charge in [0.1, 0.15) is 0 Å². The quantitative estimate of drug-likeness (QED) is 0.569. The van der Waals surface area contributed by atoms with Gasteiger partial charge in [-0.1, -0.05) is 13.8 Å². The van der Waals surface area contributed by atoms with Crippen LogP contribution in [0.25, 0.3) is 0 Å². The highest BCUT2D eigenvalue weighted by Gasteiger charge is 2.29. The topological polar surface area (TPSA) is 55.7 Å². The molecular formula is C13H28N2O2. The van der Waals surface area contributed by atoms with Gasteiger partial charge in [-0.15, -0.1) is 0 Å². The van der Waals surface area contributed by atoms with Crippen molar-refractivity contribution in [3.05, 3.63) is 0 Å². The molecule has 1 saturated heterocycles. The first kappa shape index (κ1) is 14.9. The Bertz CT molecular complexity index is 202. The maximum absolute atomic E-state index is 9.99. The third kappa shape index (κ3) is 4.92. The van der Waals surface area contributed by atoms with E-state index in [9.17, 15) is 5.11 Å². The minimum atomic E-state index is -0.175. The van der Waals surface area contributed by atoms with Crippen molar-refractivity contribution < 1.29 is 10.2 Å². The molecule has 1 rings (SSSR count). The van der Waals surface area contributed by atoms with Gasteiger partial charge in [0.2, 0.25) is 0 Å². The minimum Gasteiger partial charge on any atom is -0.396 e. The van der Waals surface area contributed by atoms with Crippen molar-refractivity contribution >= 4 is 0 Å². The van der Waals surface area contributed by atoms with Crippen molar-refractivity contribution in [3.8, 4) is 0 Å². The molecule has 3 N–H and O–H groups in total. The molecule has 0 spiro atoms. The molecule has 102 valence electrons. The minimum absolute atomic E-state index is 0.175. The lowest BCUT2D eigenvalue weighted by molar-refractivity contribution is 0.0373. The second-order valence-corrected chi connectivity index (χ2v) is 5.05. The maximum Gasteiger partial charge on any atom is 0.0578 e. The molecule has 0 aromatic heterocycles. The first-order valence-corrected chi connectivity index (χ1v) is 6.95. The molecule has 0 amide bonds. The number of hydrogen-bond donors (Lipinski definition) is 3. The van der Waals surface area contributed by atoms with E-state index in [0.717, 1.165) is 45.4 Å². The van der Waals surface area contributed by atoms with Gasteiger partial charge in [0.15, 0.2) is 0 Å². The first-order chi connectivity index (χ1) is 8.21. The predicted octanol–water partition coefficient (Wildman–Crippen LogP) is 0.440. The van der Waals surface area contributed by atoms with E-state index in [4.69, 9.17) is 5.11 Å². The maximum atomic E-state index is 9.99. The number of hydrogen-bond acceptors (Lipinski definition) is 4. The average Bonchev–Trinajstić information content (AvgIpc) is 2.37. The molecular weight excluding hydrogens is 216 g/mol. The first-order valence-electron chi connectivity index (χ1n) is 6.95. The van der Waals surface area contributed by atoms with E-state index in [1.165, 1.54) is 0 Å². The van der Waals surface area contributed by atoms with Gasteiger partial charge in [0.05, 0.1) is 6.10 Å². The van der Waals surface area contributed by atoms with Crippen LogP contribution in [-0.2, 0) is 0 Å². The van der Waals surface area contributed by atoms with E-state index in [0.29, 0.717) is 12.0 Å². The van der Waals surface area contributed by atoms with Gasteiger partial charge in [-0.3, -0.25) is 0 Å². The van der Waals surface area contributed by atoms with Crippen LogP contribution in [0.2, 0.25) is 0 Å². The number of nitrogens with one attached hydrogen (secondary N) is 1. The lowest BCUT2D eigenvalue weighted by atomic mass is 9.88. The number of nitrogens with zero attached hydrogens (tertiary/aromatic N) is 1. The van der Waals surface area contributed by atoms with E-state index < -0.39 is 0 Å². The number of piperidine rings is 1. The molecule has 1 fully saturated rings. The molecule has 3 unspecified atom stereocenters. The van der Waals surface area contributed by atoms with Crippen LogP contribution in [-0.4, -0.2) is 60.0 Å². The van der Waals surface area contributed by atoms with Crippen molar-refractivity contribution in [1.29, 1.82) is 0 Å². The second kappa shape index (κ2) is 8.03. The fraction of sp³-hybridized carbons (Fsp3) is 1.00. The number of aliphatic hydroxyl groups is 2. The molecule has 0 saturated carbocycles. The third-order valence-electron chi connectivity index (χ3n) is 3.74. The molecule has 17 heavy (non-hydrogen) atoms. The SMILES string of the molecule is CCC(O)C1CC(NCCCO)CN(CC)C1. The fourth-order valence-electron chi connectivity index (χ4n) is 2.64. The predicted molar refractivity (Wildman–Crippen MR) is 70.0 cm³/mol. The Morgan fingerprint density at radius 2 is 2.12 bits per heavy atom. The van der Waals surface area contributed by atoms with E-state index >= 15 is 0 Å². The summed E-state index contributed by atoms with van der Waals surface area (Å²) in [4.78, 5) is 2.41. The van der Waals surface area contributed by atoms with E-state index in [-0.39, 0.29) is 12.7 Å². The van der Waals surface area contributed by atoms with Crippen LogP contribution in [0, 0.1) is 5.92 Å². The molecule has 4 nitrogen and oxygen atoms in total. The van der Waals surface area contributed by atoms with Gasteiger partial charge in [-0.25, -0.2) is 0 Å². The van der Waals surface area contributed by atoms with E-state index in [1.54, 1.807) is 0 Å². The fourth-order valence-corrected chi connectivity index (χ4v) is 2.64. The van der Waals surface area contributed by atoms with Gasteiger partial charge in [-0.2, -0.15) is 0 Å². The molecule has 0 aromatic carbocycles. The number of rotatable bonds is 7. The standard InChI is InChI=1S/C13H28N2O2/c1-3-13(17)11-8-12(14-6-5-7-16)10-15(4-2)9-11/h11-14,16-17H,3-10H2,1-2H3. The Kier molecular flexibility index (Phi) is 7.04. The van der Waals surface area contributed by atoms with Gasteiger partial charge in [-0.05, 0) is 38.3 Å². The highest BCUT2D eigenvalue weighted by molar-refractivity contribution is 4.86. The number of likely N-dealkylation sites (N-methyl/N-ethyl adjacent to an activating group) is 1. The molecule has 0 aliphatic carbocycles. The Hall–Kier alpha value is -0.160. The van der Waals surface area contributed by atoms with Gasteiger partial charge < -0.3 is 20.4 Å². The lowest BCUT2D eigenvalue weighted by Gasteiger charge is -2.39. The Morgan fingerprint density at radius 1 is 1.35 bits per heavy atom. The summed E-state index contributed by atoms with van der Waals surface area (Å²) in [5.41, 5.74) is 0. The summed E-state index contributed by atoms with van der Waals surface area (Å²) in [6.45, 7) is 8.46. The van der Waals surface area contributed by atoms with Crippen LogP contribution in [0.1, 0.15) is 33.1 Å². The zero-order valence-electron chi connectivity index (χ0n) is 11.2. The largest absolute Gasteiger partial charge is 0.396 e. The van der Waals surface area contributed by atoms with E-state index in [2.05, 4.69) is 17.1 Å². The summed E-state index contributed by atoms with van der Waals surface area (Å²) in [5, 5.41) is 22.3. The third-order valence-corrected chi connectivity index (χ3v) is 3.74. The highest BCUT2D eigenvalue weighted by atomic mass is 16.3. The van der Waals surface area contributed by atoms with Crippen LogP contribution in [0.15, 0.2) is 0 Å². The van der Waals surface area contributed by atoms with Crippen molar-refractivity contribution in [2.45, 2.75) is 45.3 Å². The van der Waals surface area contributed by atoms with Gasteiger partial charge in [0, 0.05) is 25.7 Å². The van der Waals surface area contributed by atoms with Crippen molar-refractivity contribution in [1.82, 2.24) is 10.2 Å². The molecule has 3 atom stereocenters. The van der Waals surface area contributed by atoms with Crippen LogP contribution >= 0.6 is 0 Å². The van der Waals surface area contributed by atoms with Crippen LogP contribution in [0.3, 0.4) is 0 Å². The summed E-state index contributed by atoms with van der Waals surface area (Å²) in [6.07, 6.45) is 2.53. The van der Waals surface area contributed by atoms with Gasteiger partial charge >= 0.3 is 0 Å². The number of likely N-dealkylation sites (tertiary alicyclic amines) is 1. The van der Waals surface area contributed by atoms with Crippen molar-refractivity contribution in [3.63, 3.8) is 0 Å². The molecule has 1 heterocycles. The monoisotopic (exact) mass is 244 g/mol. The zero-order chi connectivity index (χ0) is 12.7. The summed E-state index contributed by atoms with van der Waals surface area (Å²) in [7, 11) is 0. The average molecular weight is 244 g/mol. The number of aliphatic hydroxyl groups excluding tert-OH is 2. The van der Waals surface area contributed by atoms with Crippen LogP contribution in [0.5, 0.6) is 0 Å². The Morgan fingerprint density at radius 3 is 2.71 bits per heavy atom. The zero-order valence-corrected chi connectivity index (χ0v) is 11.2. The molecule has 0 bridgehead atoms. The normalized spacial score (nSPS) is 28.2. The molecule has 1 aliphatic heterocycles.